The van der Waals surface area contributed by atoms with Crippen molar-refractivity contribution in [2.24, 2.45) is 5.41 Å². The molecule has 1 aliphatic heterocycles. The highest BCUT2D eigenvalue weighted by atomic mass is 19.1. The maximum Gasteiger partial charge on any atom is 0.271 e. The summed E-state index contributed by atoms with van der Waals surface area (Å²) in [4.78, 5) is 29.8. The molecule has 0 spiro atoms. The second-order valence-electron chi connectivity index (χ2n) is 12.2. The zero-order chi connectivity index (χ0) is 28.6. The Morgan fingerprint density at radius 2 is 1.76 bits per heavy atom. The van der Waals surface area contributed by atoms with E-state index in [1.807, 2.05) is 40.3 Å². The van der Waals surface area contributed by atoms with E-state index in [9.17, 15) is 9.18 Å². The van der Waals surface area contributed by atoms with Gasteiger partial charge < -0.3 is 20.2 Å². The van der Waals surface area contributed by atoms with E-state index in [1.54, 1.807) is 18.3 Å². The van der Waals surface area contributed by atoms with Crippen molar-refractivity contribution in [2.75, 3.05) is 38.6 Å². The molecule has 3 saturated carbocycles. The van der Waals surface area contributed by atoms with E-state index < -0.39 is 0 Å². The van der Waals surface area contributed by atoms with Crippen LogP contribution in [0.5, 0.6) is 0 Å². The lowest BCUT2D eigenvalue weighted by Gasteiger charge is -2.71. The molecule has 0 unspecified atom stereocenters. The van der Waals surface area contributed by atoms with Crippen LogP contribution in [-0.2, 0) is 4.74 Å². The SMILES string of the molecule is Cc1cnc2ccc(-c3c(-c4ccc(F)cc4)nc(N)c4nc(C(=O)NC56CC(CN7CCOCC7)(C5)C6)cn34)cn12. The maximum atomic E-state index is 13.8. The number of carbonyl (C=O) groups excluding carboxylic acids is 1. The van der Waals surface area contributed by atoms with Crippen molar-refractivity contribution in [2.45, 2.75) is 31.7 Å². The minimum Gasteiger partial charge on any atom is -0.381 e. The summed E-state index contributed by atoms with van der Waals surface area (Å²) in [5.41, 5.74) is 11.8. The van der Waals surface area contributed by atoms with Gasteiger partial charge in [0.25, 0.3) is 5.91 Å². The van der Waals surface area contributed by atoms with E-state index in [1.165, 1.54) is 12.1 Å². The number of hydrogen-bond donors (Lipinski definition) is 2. The molecule has 1 amide bonds. The summed E-state index contributed by atoms with van der Waals surface area (Å²) in [6.45, 7) is 6.60. The Bertz CT molecular complexity index is 1850. The van der Waals surface area contributed by atoms with Crippen molar-refractivity contribution in [3.8, 4) is 22.5 Å². The third-order valence-electron chi connectivity index (χ3n) is 9.13. The van der Waals surface area contributed by atoms with E-state index in [0.29, 0.717) is 28.0 Å². The van der Waals surface area contributed by atoms with Gasteiger partial charge in [0.2, 0.25) is 0 Å². The zero-order valence-corrected chi connectivity index (χ0v) is 23.3. The Balaban J connectivity index is 1.14. The van der Waals surface area contributed by atoms with Crippen LogP contribution in [0.15, 0.2) is 55.0 Å². The second kappa shape index (κ2) is 9.07. The van der Waals surface area contributed by atoms with Crippen molar-refractivity contribution < 1.29 is 13.9 Å². The average Bonchev–Trinajstić information content (AvgIpc) is 3.57. The number of carbonyl (C=O) groups is 1. The number of aromatic nitrogens is 5. The topological polar surface area (TPSA) is 115 Å². The number of fused-ring (bicyclic) bond motifs is 2. The Morgan fingerprint density at radius 1 is 1.02 bits per heavy atom. The Labute approximate surface area is 241 Å². The van der Waals surface area contributed by atoms with Crippen LogP contribution in [0.3, 0.4) is 0 Å². The predicted molar refractivity (Wildman–Crippen MR) is 155 cm³/mol. The first-order valence-corrected chi connectivity index (χ1v) is 14.3. The van der Waals surface area contributed by atoms with Crippen LogP contribution in [0.4, 0.5) is 10.2 Å². The summed E-state index contributed by atoms with van der Waals surface area (Å²) in [5, 5.41) is 3.28. The molecule has 9 rings (SSSR count). The number of nitrogen functional groups attached to an aromatic ring is 1. The first-order valence-electron chi connectivity index (χ1n) is 14.3. The first kappa shape index (κ1) is 25.4. The number of halogens is 1. The zero-order valence-electron chi connectivity index (χ0n) is 23.3. The van der Waals surface area contributed by atoms with Crippen molar-refractivity contribution in [3.63, 3.8) is 0 Å². The number of amides is 1. The number of rotatable bonds is 6. The molecule has 1 aromatic carbocycles. The summed E-state index contributed by atoms with van der Waals surface area (Å²) in [5.74, 6) is -0.369. The lowest BCUT2D eigenvalue weighted by Crippen LogP contribution is -2.77. The molecule has 3 N–H and O–H groups in total. The third kappa shape index (κ3) is 3.98. The van der Waals surface area contributed by atoms with Crippen molar-refractivity contribution in [1.29, 1.82) is 0 Å². The van der Waals surface area contributed by atoms with Gasteiger partial charge in [0.15, 0.2) is 11.5 Å². The number of benzene rings is 1. The predicted octanol–water partition coefficient (Wildman–Crippen LogP) is 3.73. The number of pyridine rings is 1. The van der Waals surface area contributed by atoms with Gasteiger partial charge in [0.1, 0.15) is 17.2 Å². The fourth-order valence-corrected chi connectivity index (χ4v) is 7.34. The molecule has 4 fully saturated rings. The average molecular weight is 567 g/mol. The smallest absolute Gasteiger partial charge is 0.271 e. The van der Waals surface area contributed by atoms with Gasteiger partial charge in [0, 0.05) is 60.6 Å². The molecule has 4 aliphatic rings. The van der Waals surface area contributed by atoms with Gasteiger partial charge in [-0.15, -0.1) is 0 Å². The number of nitrogens with one attached hydrogen (secondary N) is 1. The van der Waals surface area contributed by atoms with Crippen LogP contribution in [0.25, 0.3) is 33.8 Å². The monoisotopic (exact) mass is 566 g/mol. The number of hydrogen-bond acceptors (Lipinski definition) is 7. The quantitative estimate of drug-likeness (QED) is 0.322. The largest absolute Gasteiger partial charge is 0.381 e. The van der Waals surface area contributed by atoms with Crippen LogP contribution >= 0.6 is 0 Å². The van der Waals surface area contributed by atoms with Gasteiger partial charge in [-0.2, -0.15) is 0 Å². The van der Waals surface area contributed by atoms with Gasteiger partial charge in [-0.25, -0.2) is 19.3 Å². The van der Waals surface area contributed by atoms with Gasteiger partial charge in [-0.05, 0) is 68.0 Å². The lowest BCUT2D eigenvalue weighted by molar-refractivity contribution is -0.166. The normalized spacial score (nSPS) is 23.6. The Morgan fingerprint density at radius 3 is 2.52 bits per heavy atom. The van der Waals surface area contributed by atoms with Gasteiger partial charge in [-0.1, -0.05) is 0 Å². The summed E-state index contributed by atoms with van der Waals surface area (Å²) in [7, 11) is 0. The Kier molecular flexibility index (Phi) is 5.48. The molecule has 4 aromatic heterocycles. The molecule has 10 nitrogen and oxygen atoms in total. The molecule has 0 atom stereocenters. The molecule has 1 saturated heterocycles. The molecular formula is C31H31FN8O2. The van der Waals surface area contributed by atoms with Crippen molar-refractivity contribution in [1.82, 2.24) is 34.0 Å². The van der Waals surface area contributed by atoms with Gasteiger partial charge in [0.05, 0.1) is 24.6 Å². The summed E-state index contributed by atoms with van der Waals surface area (Å²) < 4.78 is 23.1. The molecule has 5 aromatic rings. The molecular weight excluding hydrogens is 535 g/mol. The highest BCUT2D eigenvalue weighted by Crippen LogP contribution is 2.67. The van der Waals surface area contributed by atoms with E-state index in [0.717, 1.165) is 69.0 Å². The number of imidazole rings is 2. The highest BCUT2D eigenvalue weighted by Gasteiger charge is 2.68. The van der Waals surface area contributed by atoms with Crippen LogP contribution in [-0.4, -0.2) is 72.9 Å². The summed E-state index contributed by atoms with van der Waals surface area (Å²) >= 11 is 0. The fourth-order valence-electron chi connectivity index (χ4n) is 7.34. The molecule has 2 bridgehead atoms. The number of nitrogens with two attached hydrogens (primary N) is 1. The maximum absolute atomic E-state index is 13.8. The van der Waals surface area contributed by atoms with E-state index in [4.69, 9.17) is 15.5 Å². The van der Waals surface area contributed by atoms with Crippen LogP contribution in [0.2, 0.25) is 0 Å². The van der Waals surface area contributed by atoms with Crippen molar-refractivity contribution in [3.05, 3.63) is 72.2 Å². The van der Waals surface area contributed by atoms with Gasteiger partial charge in [-0.3, -0.25) is 14.1 Å². The standard InChI is InChI=1S/C31H31FN8O2/c1-19-12-34-24-7-4-21(13-39(19)24)26-25(20-2-5-22(32)6-3-20)36-27(33)28-35-23(14-40(26)28)29(41)37-31-15-30(16-31,17-31)18-38-8-10-42-11-9-38/h2-7,12-14H,8-11,15-18H2,1H3,(H2,33,36)(H,37,41). The molecule has 3 aliphatic carbocycles. The minimum atomic E-state index is -0.341. The van der Waals surface area contributed by atoms with E-state index >= 15 is 0 Å². The van der Waals surface area contributed by atoms with E-state index in [-0.39, 0.29) is 28.8 Å². The summed E-state index contributed by atoms with van der Waals surface area (Å²) in [6, 6.07) is 10.0. The molecule has 0 radical (unpaired) electrons. The second-order valence-corrected chi connectivity index (χ2v) is 12.2. The third-order valence-corrected chi connectivity index (χ3v) is 9.13. The number of aryl methyl sites for hydroxylation is 1. The molecule has 11 heteroatoms. The Hall–Kier alpha value is -4.35. The lowest BCUT2D eigenvalue weighted by atomic mass is 9.39. The minimum absolute atomic E-state index is 0.158. The molecule has 214 valence electrons. The first-order chi connectivity index (χ1) is 20.3. The molecule has 5 heterocycles. The molecule has 42 heavy (non-hydrogen) atoms. The number of nitrogens with zero attached hydrogens (tertiary/aromatic N) is 6. The number of morpholine rings is 1. The highest BCUT2D eigenvalue weighted by molar-refractivity contribution is 5.95. The van der Waals surface area contributed by atoms with Gasteiger partial charge >= 0.3 is 0 Å². The van der Waals surface area contributed by atoms with Crippen LogP contribution < -0.4 is 11.1 Å². The number of anilines is 1. The van der Waals surface area contributed by atoms with Crippen molar-refractivity contribution >= 4 is 23.0 Å². The summed E-state index contributed by atoms with van der Waals surface area (Å²) in [6.07, 6.45) is 8.49. The van der Waals surface area contributed by atoms with E-state index in [2.05, 4.69) is 20.2 Å². The van der Waals surface area contributed by atoms with Crippen LogP contribution in [0, 0.1) is 18.2 Å². The number of ether oxygens (including phenoxy) is 1. The fraction of sp³-hybridized carbons (Fsp3) is 0.355. The van der Waals surface area contributed by atoms with Crippen LogP contribution in [0.1, 0.15) is 35.4 Å².